The number of rotatable bonds is 7. The smallest absolute Gasteiger partial charge is 0.262 e. The molecule has 178 valence electrons. The van der Waals surface area contributed by atoms with Gasteiger partial charge in [-0.2, -0.15) is 0 Å². The van der Waals surface area contributed by atoms with Crippen LogP contribution in [-0.2, 0) is 9.59 Å². The van der Waals surface area contributed by atoms with Gasteiger partial charge >= 0.3 is 0 Å². The highest BCUT2D eigenvalue weighted by molar-refractivity contribution is 7.99. The zero-order valence-corrected chi connectivity index (χ0v) is 20.6. The summed E-state index contributed by atoms with van der Waals surface area (Å²) in [4.78, 5) is 44.6. The molecule has 0 saturated heterocycles. The minimum atomic E-state index is -0.336. The van der Waals surface area contributed by atoms with E-state index in [9.17, 15) is 14.4 Å². The summed E-state index contributed by atoms with van der Waals surface area (Å²) in [6.45, 7) is -0.106. The van der Waals surface area contributed by atoms with Crippen LogP contribution in [0.5, 0.6) is 0 Å². The Morgan fingerprint density at radius 1 is 1.12 bits per heavy atom. The van der Waals surface area contributed by atoms with Crippen LogP contribution in [0.3, 0.4) is 0 Å². The van der Waals surface area contributed by atoms with Gasteiger partial charge in [-0.3, -0.25) is 19.0 Å². The molecule has 2 aromatic carbocycles. The van der Waals surface area contributed by atoms with Crippen LogP contribution >= 0.6 is 23.4 Å². The fourth-order valence-electron chi connectivity index (χ4n) is 4.18. The highest BCUT2D eigenvalue weighted by Gasteiger charge is 2.23. The van der Waals surface area contributed by atoms with Crippen LogP contribution in [0.2, 0.25) is 5.02 Å². The molecule has 0 aliphatic heterocycles. The molecule has 4 rings (SSSR count). The fourth-order valence-corrected chi connectivity index (χ4v) is 5.37. The highest BCUT2D eigenvalue weighted by Crippen LogP contribution is 2.31. The van der Waals surface area contributed by atoms with E-state index >= 15 is 0 Å². The quantitative estimate of drug-likeness (QED) is 0.375. The normalized spacial score (nSPS) is 14.2. The van der Waals surface area contributed by atoms with Gasteiger partial charge in [-0.05, 0) is 37.1 Å². The average Bonchev–Trinajstić information content (AvgIpc) is 2.84. The highest BCUT2D eigenvalue weighted by atomic mass is 35.5. The maximum atomic E-state index is 13.3. The molecule has 1 heterocycles. The maximum absolute atomic E-state index is 13.3. The maximum Gasteiger partial charge on any atom is 0.262 e. The van der Waals surface area contributed by atoms with Gasteiger partial charge in [0.2, 0.25) is 11.8 Å². The largest absolute Gasteiger partial charge is 0.336 e. The monoisotopic (exact) mass is 498 g/mol. The van der Waals surface area contributed by atoms with E-state index in [-0.39, 0.29) is 35.7 Å². The van der Waals surface area contributed by atoms with Gasteiger partial charge in [-0.25, -0.2) is 4.98 Å². The standard InChI is InChI=1S/C25H27ClN4O3S/c1-29(15-22(31)27-21-14-8-6-12-19(21)26)23(32)16-34-25-28-20-13-7-5-11-18(20)24(33)30(25)17-9-3-2-4-10-17/h5-8,11-14,17H,2-4,9-10,15-16H2,1H3,(H,27,31). The number of carbonyl (C=O) groups excluding carboxylic acids is 2. The second-order valence-electron chi connectivity index (χ2n) is 8.45. The van der Waals surface area contributed by atoms with Crippen LogP contribution < -0.4 is 10.9 Å². The minimum absolute atomic E-state index is 0.0556. The molecule has 7 nitrogen and oxygen atoms in total. The summed E-state index contributed by atoms with van der Waals surface area (Å²) >= 11 is 7.33. The van der Waals surface area contributed by atoms with Gasteiger partial charge in [0.1, 0.15) is 0 Å². The van der Waals surface area contributed by atoms with Gasteiger partial charge in [0.15, 0.2) is 5.16 Å². The van der Waals surface area contributed by atoms with Crippen molar-refractivity contribution in [3.05, 3.63) is 63.9 Å². The lowest BCUT2D eigenvalue weighted by molar-refractivity contribution is -0.131. The number of para-hydroxylation sites is 2. The minimum Gasteiger partial charge on any atom is -0.336 e. The lowest BCUT2D eigenvalue weighted by Gasteiger charge is -2.26. The van der Waals surface area contributed by atoms with Gasteiger partial charge in [0.25, 0.3) is 5.56 Å². The number of amides is 2. The number of thioether (sulfide) groups is 1. The van der Waals surface area contributed by atoms with Crippen molar-refractivity contribution in [3.8, 4) is 0 Å². The van der Waals surface area contributed by atoms with Crippen LogP contribution in [0, 0.1) is 0 Å². The van der Waals surface area contributed by atoms with Crippen molar-refractivity contribution < 1.29 is 9.59 Å². The number of hydrogen-bond donors (Lipinski definition) is 1. The molecule has 34 heavy (non-hydrogen) atoms. The van der Waals surface area contributed by atoms with Crippen LogP contribution in [0.1, 0.15) is 38.1 Å². The Morgan fingerprint density at radius 2 is 1.82 bits per heavy atom. The number of likely N-dealkylation sites (N-methyl/N-ethyl adjacent to an activating group) is 1. The van der Waals surface area contributed by atoms with Crippen molar-refractivity contribution >= 4 is 51.8 Å². The summed E-state index contributed by atoms with van der Waals surface area (Å²) in [5.74, 6) is -0.485. The van der Waals surface area contributed by atoms with Crippen molar-refractivity contribution in [3.63, 3.8) is 0 Å². The molecule has 1 saturated carbocycles. The van der Waals surface area contributed by atoms with E-state index in [4.69, 9.17) is 16.6 Å². The topological polar surface area (TPSA) is 84.3 Å². The summed E-state index contributed by atoms with van der Waals surface area (Å²) in [6, 6.07) is 14.3. The Kier molecular flexibility index (Phi) is 7.90. The van der Waals surface area contributed by atoms with E-state index in [1.807, 2.05) is 18.2 Å². The molecule has 0 radical (unpaired) electrons. The first-order chi connectivity index (χ1) is 16.4. The third kappa shape index (κ3) is 5.62. The molecule has 3 aromatic rings. The van der Waals surface area contributed by atoms with Gasteiger partial charge in [0, 0.05) is 13.1 Å². The van der Waals surface area contributed by atoms with Crippen molar-refractivity contribution in [2.75, 3.05) is 24.7 Å². The third-order valence-corrected chi connectivity index (χ3v) is 7.26. The van der Waals surface area contributed by atoms with Crippen molar-refractivity contribution in [1.29, 1.82) is 0 Å². The number of halogens is 1. The summed E-state index contributed by atoms with van der Waals surface area (Å²) in [7, 11) is 1.58. The lowest BCUT2D eigenvalue weighted by Crippen LogP contribution is -2.36. The Balaban J connectivity index is 1.46. The van der Waals surface area contributed by atoms with Crippen LogP contribution in [0.25, 0.3) is 10.9 Å². The SMILES string of the molecule is CN(CC(=O)Nc1ccccc1Cl)C(=O)CSc1nc2ccccc2c(=O)n1C1CCCCC1. The molecule has 2 amide bonds. The molecule has 1 aliphatic carbocycles. The fraction of sp³-hybridized carbons (Fsp3) is 0.360. The van der Waals surface area contributed by atoms with Gasteiger partial charge in [-0.1, -0.05) is 66.9 Å². The van der Waals surface area contributed by atoms with E-state index < -0.39 is 0 Å². The molecule has 1 N–H and O–H groups in total. The van der Waals surface area contributed by atoms with Crippen molar-refractivity contribution in [1.82, 2.24) is 14.5 Å². The number of benzene rings is 2. The molecule has 1 fully saturated rings. The van der Waals surface area contributed by atoms with Crippen LogP contribution in [0.15, 0.2) is 58.5 Å². The first-order valence-electron chi connectivity index (χ1n) is 11.4. The molecule has 1 aromatic heterocycles. The number of hydrogen-bond acceptors (Lipinski definition) is 5. The Hall–Kier alpha value is -2.84. The number of carbonyl (C=O) groups is 2. The molecular weight excluding hydrogens is 472 g/mol. The molecule has 0 atom stereocenters. The Bertz CT molecular complexity index is 1260. The first-order valence-corrected chi connectivity index (χ1v) is 12.7. The molecule has 1 aliphatic rings. The van der Waals surface area contributed by atoms with E-state index in [0.717, 1.165) is 25.7 Å². The van der Waals surface area contributed by atoms with E-state index in [1.165, 1.54) is 23.1 Å². The number of nitrogens with one attached hydrogen (secondary N) is 1. The second kappa shape index (κ2) is 11.1. The number of nitrogens with zero attached hydrogens (tertiary/aromatic N) is 3. The molecule has 9 heteroatoms. The average molecular weight is 499 g/mol. The molecule has 0 unspecified atom stereocenters. The van der Waals surface area contributed by atoms with E-state index in [2.05, 4.69) is 5.32 Å². The van der Waals surface area contributed by atoms with E-state index in [0.29, 0.717) is 26.8 Å². The molecular formula is C25H27ClN4O3S. The summed E-state index contributed by atoms with van der Waals surface area (Å²) < 4.78 is 1.78. The summed E-state index contributed by atoms with van der Waals surface area (Å²) in [6.07, 6.45) is 5.20. The predicted octanol–water partition coefficient (Wildman–Crippen LogP) is 4.74. The lowest BCUT2D eigenvalue weighted by atomic mass is 9.95. The van der Waals surface area contributed by atoms with Gasteiger partial charge in [-0.15, -0.1) is 0 Å². The summed E-state index contributed by atoms with van der Waals surface area (Å²) in [5.41, 5.74) is 1.07. The zero-order valence-electron chi connectivity index (χ0n) is 19.0. The van der Waals surface area contributed by atoms with Gasteiger partial charge < -0.3 is 10.2 Å². The van der Waals surface area contributed by atoms with E-state index in [1.54, 1.807) is 41.9 Å². The Labute approximate surface area is 207 Å². The molecule has 0 spiro atoms. The predicted molar refractivity (Wildman–Crippen MR) is 137 cm³/mol. The van der Waals surface area contributed by atoms with Crippen LogP contribution in [0.4, 0.5) is 5.69 Å². The van der Waals surface area contributed by atoms with Gasteiger partial charge in [0.05, 0.1) is 33.9 Å². The number of aromatic nitrogens is 2. The number of anilines is 1. The molecule has 0 bridgehead atoms. The second-order valence-corrected chi connectivity index (χ2v) is 9.79. The van der Waals surface area contributed by atoms with Crippen molar-refractivity contribution in [2.24, 2.45) is 0 Å². The Morgan fingerprint density at radius 3 is 2.59 bits per heavy atom. The summed E-state index contributed by atoms with van der Waals surface area (Å²) in [5, 5.41) is 4.30. The zero-order chi connectivity index (χ0) is 24.1. The third-order valence-electron chi connectivity index (χ3n) is 5.99. The number of fused-ring (bicyclic) bond motifs is 1. The first kappa shape index (κ1) is 24.3. The van der Waals surface area contributed by atoms with Crippen molar-refractivity contribution in [2.45, 2.75) is 43.3 Å². The van der Waals surface area contributed by atoms with Crippen LogP contribution in [-0.4, -0.2) is 45.6 Å².